The van der Waals surface area contributed by atoms with Crippen molar-refractivity contribution in [2.75, 3.05) is 23.3 Å². The van der Waals surface area contributed by atoms with Gasteiger partial charge in [-0.3, -0.25) is 4.79 Å². The molecule has 1 N–H and O–H groups in total. The molecular formula is C23H24F2N4O2. The van der Waals surface area contributed by atoms with Crippen molar-refractivity contribution < 1.29 is 18.3 Å². The van der Waals surface area contributed by atoms with E-state index in [0.717, 1.165) is 6.07 Å². The summed E-state index contributed by atoms with van der Waals surface area (Å²) in [5, 5.41) is 2.64. The maximum atomic E-state index is 14.8. The van der Waals surface area contributed by atoms with Crippen LogP contribution in [0.1, 0.15) is 35.6 Å². The van der Waals surface area contributed by atoms with Crippen LogP contribution in [0.15, 0.2) is 30.3 Å². The van der Waals surface area contributed by atoms with Crippen LogP contribution >= 0.6 is 0 Å². The lowest BCUT2D eigenvalue weighted by Gasteiger charge is -2.37. The number of nitrogens with one attached hydrogen (secondary N) is 1. The Morgan fingerprint density at radius 2 is 1.74 bits per heavy atom. The predicted molar refractivity (Wildman–Crippen MR) is 116 cm³/mol. The molecule has 1 aliphatic heterocycles. The molecule has 1 amide bonds. The molecule has 8 heteroatoms. The lowest BCUT2D eigenvalue weighted by molar-refractivity contribution is -0.00539. The van der Waals surface area contributed by atoms with Gasteiger partial charge in [-0.1, -0.05) is 0 Å². The fourth-order valence-corrected chi connectivity index (χ4v) is 3.88. The summed E-state index contributed by atoms with van der Waals surface area (Å²) in [6.07, 6.45) is -0.00557. The van der Waals surface area contributed by atoms with E-state index in [-0.39, 0.29) is 23.5 Å². The third kappa shape index (κ3) is 4.34. The summed E-state index contributed by atoms with van der Waals surface area (Å²) >= 11 is 0. The number of morpholine rings is 1. The van der Waals surface area contributed by atoms with Gasteiger partial charge in [0, 0.05) is 24.8 Å². The molecule has 0 aliphatic carbocycles. The third-order valence-corrected chi connectivity index (χ3v) is 5.36. The van der Waals surface area contributed by atoms with Crippen LogP contribution in [0.5, 0.6) is 0 Å². The minimum atomic E-state index is -0.590. The van der Waals surface area contributed by atoms with Crippen molar-refractivity contribution in [2.24, 2.45) is 0 Å². The van der Waals surface area contributed by atoms with Gasteiger partial charge in [0.15, 0.2) is 0 Å². The van der Waals surface area contributed by atoms with Crippen LogP contribution in [0.3, 0.4) is 0 Å². The first-order valence-corrected chi connectivity index (χ1v) is 10.2. The minimum absolute atomic E-state index is 0.00279. The fraction of sp³-hybridized carbons (Fsp3) is 0.348. The molecular weight excluding hydrogens is 402 g/mol. The summed E-state index contributed by atoms with van der Waals surface area (Å²) in [6, 6.07) is 6.88. The van der Waals surface area contributed by atoms with Crippen molar-refractivity contribution in [1.29, 1.82) is 0 Å². The van der Waals surface area contributed by atoms with E-state index in [9.17, 15) is 13.6 Å². The Morgan fingerprint density at radius 3 is 2.42 bits per heavy atom. The highest BCUT2D eigenvalue weighted by atomic mass is 19.1. The smallest absolute Gasteiger partial charge is 0.258 e. The highest BCUT2D eigenvalue weighted by Crippen LogP contribution is 2.27. The van der Waals surface area contributed by atoms with Crippen LogP contribution in [-0.2, 0) is 4.74 Å². The number of benzene rings is 2. The molecule has 31 heavy (non-hydrogen) atoms. The van der Waals surface area contributed by atoms with Crippen LogP contribution in [-0.4, -0.2) is 41.2 Å². The number of ether oxygens (including phenoxy) is 1. The monoisotopic (exact) mass is 426 g/mol. The highest BCUT2D eigenvalue weighted by Gasteiger charge is 2.24. The molecule has 2 heterocycles. The van der Waals surface area contributed by atoms with Crippen molar-refractivity contribution in [3.8, 4) is 0 Å². The molecule has 0 unspecified atom stereocenters. The van der Waals surface area contributed by atoms with Gasteiger partial charge in [-0.05, 0) is 52.0 Å². The lowest BCUT2D eigenvalue weighted by atomic mass is 10.1. The molecule has 1 aromatic heterocycles. The number of aromatic nitrogens is 2. The molecule has 3 aromatic rings. The van der Waals surface area contributed by atoms with Gasteiger partial charge in [0.25, 0.3) is 5.91 Å². The second kappa shape index (κ2) is 8.19. The number of carbonyl (C=O) groups is 1. The molecule has 6 nitrogen and oxygen atoms in total. The van der Waals surface area contributed by atoms with Crippen LogP contribution < -0.4 is 10.2 Å². The number of fused-ring (bicyclic) bond motifs is 1. The second-order valence-corrected chi connectivity index (χ2v) is 8.00. The van der Waals surface area contributed by atoms with Crippen molar-refractivity contribution in [2.45, 2.75) is 39.9 Å². The number of aryl methyl sites for hydroxylation is 2. The summed E-state index contributed by atoms with van der Waals surface area (Å²) in [7, 11) is 0. The first kappa shape index (κ1) is 21.1. The maximum absolute atomic E-state index is 14.8. The highest BCUT2D eigenvalue weighted by molar-refractivity contribution is 6.11. The molecule has 162 valence electrons. The molecule has 1 saturated heterocycles. The summed E-state index contributed by atoms with van der Waals surface area (Å²) in [4.78, 5) is 23.5. The second-order valence-electron chi connectivity index (χ2n) is 8.00. The van der Waals surface area contributed by atoms with Crippen molar-refractivity contribution in [1.82, 2.24) is 9.97 Å². The molecule has 0 radical (unpaired) electrons. The Bertz CT molecular complexity index is 1160. The lowest BCUT2D eigenvalue weighted by Crippen LogP contribution is -2.45. The molecule has 0 bridgehead atoms. The van der Waals surface area contributed by atoms with Gasteiger partial charge in [-0.15, -0.1) is 0 Å². The zero-order valence-electron chi connectivity index (χ0n) is 17.9. The summed E-state index contributed by atoms with van der Waals surface area (Å²) < 4.78 is 34.6. The first-order valence-electron chi connectivity index (χ1n) is 10.2. The third-order valence-electron chi connectivity index (χ3n) is 5.36. The van der Waals surface area contributed by atoms with Crippen LogP contribution in [0, 0.1) is 25.5 Å². The molecule has 1 fully saturated rings. The molecule has 1 aliphatic rings. The van der Waals surface area contributed by atoms with Crippen molar-refractivity contribution in [3.63, 3.8) is 0 Å². The molecule has 2 atom stereocenters. The normalized spacial score (nSPS) is 19.0. The SMILES string of the molecule is Cc1nc2cc(F)cc(C(=O)Nc3ccc(N4C[C@H](C)O[C@@H](C)C4)c(F)c3)c2nc1C. The predicted octanol–water partition coefficient (Wildman–Crippen LogP) is 4.39. The number of rotatable bonds is 3. The molecule has 0 spiro atoms. The molecule has 0 saturated carbocycles. The number of nitrogens with zero attached hydrogens (tertiary/aromatic N) is 3. The number of halogens is 2. The van der Waals surface area contributed by atoms with Crippen LogP contribution in [0.4, 0.5) is 20.2 Å². The van der Waals surface area contributed by atoms with Crippen molar-refractivity contribution >= 4 is 28.3 Å². The van der Waals surface area contributed by atoms with Gasteiger partial charge in [-0.2, -0.15) is 0 Å². The number of anilines is 2. The zero-order valence-corrected chi connectivity index (χ0v) is 17.9. The zero-order chi connectivity index (χ0) is 22.3. The fourth-order valence-electron chi connectivity index (χ4n) is 3.88. The summed E-state index contributed by atoms with van der Waals surface area (Å²) in [5.41, 5.74) is 2.68. The minimum Gasteiger partial charge on any atom is -0.372 e. The van der Waals surface area contributed by atoms with E-state index in [1.165, 1.54) is 12.1 Å². The Balaban J connectivity index is 1.61. The average Bonchev–Trinajstić information content (AvgIpc) is 2.68. The van der Waals surface area contributed by atoms with E-state index in [1.807, 2.05) is 18.7 Å². The van der Waals surface area contributed by atoms with E-state index in [0.29, 0.717) is 41.2 Å². The Kier molecular flexibility index (Phi) is 5.58. The Morgan fingerprint density at radius 1 is 1.06 bits per heavy atom. The maximum Gasteiger partial charge on any atom is 0.258 e. The number of hydrogen-bond acceptors (Lipinski definition) is 5. The van der Waals surface area contributed by atoms with Crippen LogP contribution in [0.25, 0.3) is 11.0 Å². The standard InChI is InChI=1S/C23H24F2N4O2/c1-12-10-29(11-13(2)31-12)21-6-5-17(9-19(21)25)28-23(30)18-7-16(24)8-20-22(18)27-15(4)14(3)26-20/h5-9,12-13H,10-11H2,1-4H3,(H,28,30)/t12-,13-/m0/s1. The molecule has 2 aromatic carbocycles. The number of hydrogen-bond donors (Lipinski definition) is 1. The van der Waals surface area contributed by atoms with Gasteiger partial charge in [0.1, 0.15) is 17.2 Å². The largest absolute Gasteiger partial charge is 0.372 e. The first-order chi connectivity index (χ1) is 14.7. The Hall–Kier alpha value is -3.13. The summed E-state index contributed by atoms with van der Waals surface area (Å²) in [5.74, 6) is -1.62. The Labute approximate surface area is 179 Å². The van der Waals surface area contributed by atoms with Crippen molar-refractivity contribution in [3.05, 3.63) is 58.9 Å². The number of carbonyl (C=O) groups excluding carboxylic acids is 1. The van der Waals surface area contributed by atoms with Gasteiger partial charge in [0.05, 0.1) is 40.4 Å². The quantitative estimate of drug-likeness (QED) is 0.673. The van der Waals surface area contributed by atoms with Gasteiger partial charge in [-0.25, -0.2) is 18.7 Å². The number of amides is 1. The van der Waals surface area contributed by atoms with E-state index >= 15 is 0 Å². The van der Waals surface area contributed by atoms with E-state index < -0.39 is 17.5 Å². The van der Waals surface area contributed by atoms with E-state index in [1.54, 1.807) is 26.0 Å². The summed E-state index contributed by atoms with van der Waals surface area (Å²) in [6.45, 7) is 8.61. The topological polar surface area (TPSA) is 67.4 Å². The van der Waals surface area contributed by atoms with Gasteiger partial charge >= 0.3 is 0 Å². The van der Waals surface area contributed by atoms with Gasteiger partial charge < -0.3 is 15.0 Å². The molecule has 4 rings (SSSR count). The van der Waals surface area contributed by atoms with E-state index in [4.69, 9.17) is 4.74 Å². The average molecular weight is 426 g/mol. The van der Waals surface area contributed by atoms with E-state index in [2.05, 4.69) is 15.3 Å². The van der Waals surface area contributed by atoms with Crippen LogP contribution in [0.2, 0.25) is 0 Å². The van der Waals surface area contributed by atoms with Gasteiger partial charge in [0.2, 0.25) is 0 Å².